The van der Waals surface area contributed by atoms with Crippen LogP contribution in [0.3, 0.4) is 0 Å². The van der Waals surface area contributed by atoms with E-state index in [4.69, 9.17) is 4.74 Å². The van der Waals surface area contributed by atoms with Crippen molar-refractivity contribution in [2.45, 2.75) is 65.5 Å². The van der Waals surface area contributed by atoms with Crippen molar-refractivity contribution in [3.8, 4) is 5.75 Å². The first-order chi connectivity index (χ1) is 14.1. The molecule has 0 aliphatic carbocycles. The highest BCUT2D eigenvalue weighted by Crippen LogP contribution is 2.39. The van der Waals surface area contributed by atoms with Gasteiger partial charge in [-0.15, -0.1) is 0 Å². The van der Waals surface area contributed by atoms with E-state index in [1.165, 1.54) is 4.90 Å². The van der Waals surface area contributed by atoms with Crippen molar-refractivity contribution in [3.05, 3.63) is 29.8 Å². The molecule has 2 aliphatic heterocycles. The largest absolute Gasteiger partial charge is 0.497 e. The number of urea groups is 1. The van der Waals surface area contributed by atoms with E-state index in [0.717, 1.165) is 37.4 Å². The summed E-state index contributed by atoms with van der Waals surface area (Å²) in [5, 5.41) is 0. The van der Waals surface area contributed by atoms with Crippen LogP contribution in [0.25, 0.3) is 0 Å². The fourth-order valence-electron chi connectivity index (χ4n) is 4.77. The zero-order valence-corrected chi connectivity index (χ0v) is 19.4. The predicted octanol–water partition coefficient (Wildman–Crippen LogP) is 3.79. The second-order valence-corrected chi connectivity index (χ2v) is 10.2. The number of amides is 3. The molecule has 1 aromatic rings. The van der Waals surface area contributed by atoms with Gasteiger partial charge in [0.05, 0.1) is 7.11 Å². The second-order valence-electron chi connectivity index (χ2n) is 10.2. The summed E-state index contributed by atoms with van der Waals surface area (Å²) in [5.41, 5.74) is 0.666. The summed E-state index contributed by atoms with van der Waals surface area (Å²) in [7, 11) is 1.65. The maximum atomic E-state index is 13.5. The normalized spacial score (nSPS) is 20.0. The molecule has 3 rings (SSSR count). The van der Waals surface area contributed by atoms with E-state index < -0.39 is 5.54 Å². The lowest BCUT2D eigenvalue weighted by atomic mass is 9.84. The molecule has 2 fully saturated rings. The van der Waals surface area contributed by atoms with Gasteiger partial charge in [0.1, 0.15) is 11.3 Å². The second kappa shape index (κ2) is 8.58. The van der Waals surface area contributed by atoms with Gasteiger partial charge in [-0.3, -0.25) is 9.69 Å². The molecule has 2 heterocycles. The Labute approximate surface area is 181 Å². The van der Waals surface area contributed by atoms with Gasteiger partial charge in [0, 0.05) is 32.2 Å². The van der Waals surface area contributed by atoms with Crippen LogP contribution in [0.15, 0.2) is 24.3 Å². The van der Waals surface area contributed by atoms with Crippen LogP contribution in [0.2, 0.25) is 0 Å². The van der Waals surface area contributed by atoms with Crippen molar-refractivity contribution in [2.75, 3.05) is 33.3 Å². The molecular weight excluding hydrogens is 378 g/mol. The summed E-state index contributed by atoms with van der Waals surface area (Å²) in [6, 6.07) is 7.68. The number of nitrogens with zero attached hydrogens (tertiary/aromatic N) is 3. The highest BCUT2D eigenvalue weighted by atomic mass is 16.5. The maximum Gasteiger partial charge on any atom is 0.327 e. The number of methoxy groups -OCH3 is 1. The fraction of sp³-hybridized carbons (Fsp3) is 0.667. The van der Waals surface area contributed by atoms with Gasteiger partial charge < -0.3 is 14.5 Å². The number of hydrogen-bond donors (Lipinski definition) is 0. The minimum Gasteiger partial charge on any atom is -0.497 e. The Balaban J connectivity index is 1.78. The Morgan fingerprint density at radius 3 is 2.17 bits per heavy atom. The van der Waals surface area contributed by atoms with Gasteiger partial charge in [-0.25, -0.2) is 4.79 Å². The molecule has 0 N–H and O–H groups in total. The van der Waals surface area contributed by atoms with Crippen LogP contribution >= 0.6 is 0 Å². The van der Waals surface area contributed by atoms with Crippen molar-refractivity contribution < 1.29 is 14.3 Å². The van der Waals surface area contributed by atoms with Crippen LogP contribution in [0.5, 0.6) is 5.75 Å². The summed E-state index contributed by atoms with van der Waals surface area (Å²) in [6.45, 7) is 13.8. The molecule has 166 valence electrons. The maximum absolute atomic E-state index is 13.5. The van der Waals surface area contributed by atoms with E-state index in [1.54, 1.807) is 7.11 Å². The number of carbonyl (C=O) groups excluding carboxylic acids is 2. The molecule has 30 heavy (non-hydrogen) atoms. The number of rotatable bonds is 6. The molecule has 1 aromatic carbocycles. The molecule has 0 bridgehead atoms. The van der Waals surface area contributed by atoms with E-state index >= 15 is 0 Å². The lowest BCUT2D eigenvalue weighted by Gasteiger charge is -2.43. The van der Waals surface area contributed by atoms with Crippen LogP contribution in [0, 0.1) is 5.41 Å². The Morgan fingerprint density at radius 1 is 1.07 bits per heavy atom. The van der Waals surface area contributed by atoms with E-state index in [2.05, 4.69) is 25.7 Å². The van der Waals surface area contributed by atoms with E-state index in [-0.39, 0.29) is 23.4 Å². The molecule has 3 amide bonds. The summed E-state index contributed by atoms with van der Waals surface area (Å²) in [6.07, 6.45) is 2.14. The SMILES string of the molecule is COc1ccc(CCN2C(=O)N(C(C)C)C(=O)C23CCN(CC(C)(C)C)CC3)cc1. The summed E-state index contributed by atoms with van der Waals surface area (Å²) in [4.78, 5) is 32.5. The zero-order valence-electron chi connectivity index (χ0n) is 19.4. The van der Waals surface area contributed by atoms with E-state index in [0.29, 0.717) is 19.4 Å². The Morgan fingerprint density at radius 2 is 1.67 bits per heavy atom. The van der Waals surface area contributed by atoms with Gasteiger partial charge in [-0.2, -0.15) is 0 Å². The number of likely N-dealkylation sites (tertiary alicyclic amines) is 1. The number of imide groups is 1. The third kappa shape index (κ3) is 4.48. The van der Waals surface area contributed by atoms with Crippen LogP contribution in [0.1, 0.15) is 53.0 Å². The quantitative estimate of drug-likeness (QED) is 0.664. The van der Waals surface area contributed by atoms with Gasteiger partial charge >= 0.3 is 6.03 Å². The van der Waals surface area contributed by atoms with Crippen LogP contribution in [-0.2, 0) is 11.2 Å². The van der Waals surface area contributed by atoms with Crippen molar-refractivity contribution in [3.63, 3.8) is 0 Å². The standard InChI is InChI=1S/C24H37N3O3/c1-18(2)27-21(28)24(12-15-25(16-13-24)17-23(3,4)5)26(22(27)29)14-11-19-7-9-20(30-6)10-8-19/h7-10,18H,11-17H2,1-6H3. The van der Waals surface area contributed by atoms with Gasteiger partial charge in [0.25, 0.3) is 5.91 Å². The van der Waals surface area contributed by atoms with Gasteiger partial charge in [-0.1, -0.05) is 32.9 Å². The van der Waals surface area contributed by atoms with Crippen molar-refractivity contribution in [1.29, 1.82) is 0 Å². The molecule has 6 heteroatoms. The average molecular weight is 416 g/mol. The molecule has 0 saturated carbocycles. The summed E-state index contributed by atoms with van der Waals surface area (Å²) < 4.78 is 5.23. The number of hydrogen-bond acceptors (Lipinski definition) is 4. The highest BCUT2D eigenvalue weighted by molar-refractivity contribution is 6.07. The van der Waals surface area contributed by atoms with Gasteiger partial charge in [0.15, 0.2) is 0 Å². The Bertz CT molecular complexity index is 759. The van der Waals surface area contributed by atoms with Crippen LogP contribution in [0.4, 0.5) is 4.79 Å². The smallest absolute Gasteiger partial charge is 0.327 e. The third-order valence-corrected chi connectivity index (χ3v) is 6.25. The molecule has 0 unspecified atom stereocenters. The van der Waals surface area contributed by atoms with Crippen molar-refractivity contribution >= 4 is 11.9 Å². The van der Waals surface area contributed by atoms with Crippen LogP contribution < -0.4 is 4.74 Å². The first-order valence-corrected chi connectivity index (χ1v) is 11.1. The molecule has 2 aliphatic rings. The average Bonchev–Trinajstić information content (AvgIpc) is 2.88. The fourth-order valence-corrected chi connectivity index (χ4v) is 4.77. The molecule has 2 saturated heterocycles. The van der Waals surface area contributed by atoms with E-state index in [9.17, 15) is 9.59 Å². The highest BCUT2D eigenvalue weighted by Gasteiger charge is 2.58. The Hall–Kier alpha value is -2.08. The lowest BCUT2D eigenvalue weighted by Crippen LogP contribution is -2.57. The van der Waals surface area contributed by atoms with Gasteiger partial charge in [0.2, 0.25) is 0 Å². The third-order valence-electron chi connectivity index (χ3n) is 6.25. The number of benzene rings is 1. The molecule has 0 atom stereocenters. The van der Waals surface area contributed by atoms with E-state index in [1.807, 2.05) is 43.0 Å². The molecular formula is C24H37N3O3. The molecule has 0 radical (unpaired) electrons. The number of carbonyl (C=O) groups is 2. The first-order valence-electron chi connectivity index (χ1n) is 11.1. The lowest BCUT2D eigenvalue weighted by molar-refractivity contribution is -0.136. The number of ether oxygens (including phenoxy) is 1. The first kappa shape index (κ1) is 22.6. The topological polar surface area (TPSA) is 53.1 Å². The van der Waals surface area contributed by atoms with Crippen molar-refractivity contribution in [1.82, 2.24) is 14.7 Å². The summed E-state index contributed by atoms with van der Waals surface area (Å²) >= 11 is 0. The predicted molar refractivity (Wildman–Crippen MR) is 119 cm³/mol. The molecule has 1 spiro atoms. The van der Waals surface area contributed by atoms with Crippen molar-refractivity contribution in [2.24, 2.45) is 5.41 Å². The summed E-state index contributed by atoms with van der Waals surface area (Å²) in [5.74, 6) is 0.812. The minimum absolute atomic E-state index is 0.00682. The Kier molecular flexibility index (Phi) is 6.46. The molecule has 6 nitrogen and oxygen atoms in total. The van der Waals surface area contributed by atoms with Crippen LogP contribution in [-0.4, -0.2) is 71.5 Å². The number of piperidine rings is 1. The monoisotopic (exact) mass is 415 g/mol. The van der Waals surface area contributed by atoms with Gasteiger partial charge in [-0.05, 0) is 56.2 Å². The zero-order chi connectivity index (χ0) is 22.1. The molecule has 0 aromatic heterocycles. The minimum atomic E-state index is -0.692.